The number of hydrogen-bond donors (Lipinski definition) is 0. The summed E-state index contributed by atoms with van der Waals surface area (Å²) in [5.74, 6) is 3.10. The van der Waals surface area contributed by atoms with Crippen molar-refractivity contribution in [3.8, 4) is 0 Å². The Morgan fingerprint density at radius 1 is 0.762 bits per heavy atom. The van der Waals surface area contributed by atoms with Crippen LogP contribution >= 0.6 is 0 Å². The molecule has 0 aromatic carbocycles. The van der Waals surface area contributed by atoms with Gasteiger partial charge < -0.3 is 14.3 Å². The van der Waals surface area contributed by atoms with Crippen LogP contribution in [0.15, 0.2) is 0 Å². The molecule has 3 rings (SSSR count). The van der Waals surface area contributed by atoms with Gasteiger partial charge in [0.25, 0.3) is 0 Å². The van der Waals surface area contributed by atoms with Gasteiger partial charge in [-0.1, -0.05) is 12.8 Å². The smallest absolute Gasteiger partial charge is 0.157 e. The van der Waals surface area contributed by atoms with Crippen LogP contribution in [-0.4, -0.2) is 25.8 Å². The number of carbonyl (C=O) groups is 1. The zero-order valence-electron chi connectivity index (χ0n) is 13.2. The predicted octanol–water partition coefficient (Wildman–Crippen LogP) is 3.95. The lowest BCUT2D eigenvalue weighted by atomic mass is 9.69. The summed E-state index contributed by atoms with van der Waals surface area (Å²) in [6.45, 7) is 1.56. The van der Waals surface area contributed by atoms with Gasteiger partial charge in [-0.25, -0.2) is 0 Å². The minimum absolute atomic E-state index is 0.0846. The van der Waals surface area contributed by atoms with E-state index in [0.29, 0.717) is 5.92 Å². The zero-order valence-corrected chi connectivity index (χ0v) is 13.2. The lowest BCUT2D eigenvalue weighted by Crippen LogP contribution is -2.26. The highest BCUT2D eigenvalue weighted by molar-refractivity contribution is 5.53. The fraction of sp³-hybridized carbons (Fsp3) is 0.944. The third kappa shape index (κ3) is 4.29. The van der Waals surface area contributed by atoms with Gasteiger partial charge in [-0.05, 0) is 69.1 Å². The molecule has 3 fully saturated rings. The van der Waals surface area contributed by atoms with Crippen LogP contribution < -0.4 is 0 Å². The minimum Gasteiger partial charge on any atom is -0.350 e. The Morgan fingerprint density at radius 3 is 1.90 bits per heavy atom. The standard InChI is InChI=1S/C18H30O3/c19-13-15-3-8-17(9-4-15)16-6-1-14(2-7-16)5-10-18-20-11-12-21-18/h13-18H,1-12H2/t14-,15-,16-,17-. The van der Waals surface area contributed by atoms with Crippen molar-refractivity contribution < 1.29 is 14.3 Å². The van der Waals surface area contributed by atoms with Crippen molar-refractivity contribution in [2.45, 2.75) is 70.5 Å². The monoisotopic (exact) mass is 294 g/mol. The Bertz CT molecular complexity index is 308. The molecule has 0 atom stereocenters. The molecule has 0 aromatic rings. The predicted molar refractivity (Wildman–Crippen MR) is 81.9 cm³/mol. The van der Waals surface area contributed by atoms with Crippen LogP contribution in [0.4, 0.5) is 0 Å². The van der Waals surface area contributed by atoms with Crippen molar-refractivity contribution in [1.29, 1.82) is 0 Å². The highest BCUT2D eigenvalue weighted by atomic mass is 16.7. The first kappa shape index (κ1) is 15.5. The normalized spacial score (nSPS) is 38.5. The van der Waals surface area contributed by atoms with E-state index in [1.165, 1.54) is 51.2 Å². The first-order valence-corrected chi connectivity index (χ1v) is 9.03. The van der Waals surface area contributed by atoms with Gasteiger partial charge in [-0.15, -0.1) is 0 Å². The van der Waals surface area contributed by atoms with E-state index in [1.807, 2.05) is 0 Å². The summed E-state index contributed by atoms with van der Waals surface area (Å²) in [6, 6.07) is 0. The van der Waals surface area contributed by atoms with Crippen LogP contribution in [0.2, 0.25) is 0 Å². The Kier molecular flexibility index (Phi) is 5.70. The van der Waals surface area contributed by atoms with Gasteiger partial charge in [-0.3, -0.25) is 0 Å². The summed E-state index contributed by atoms with van der Waals surface area (Å²) in [6.07, 6.45) is 14.1. The fourth-order valence-corrected chi connectivity index (χ4v) is 4.65. The zero-order chi connectivity index (χ0) is 14.5. The molecule has 21 heavy (non-hydrogen) atoms. The average molecular weight is 294 g/mol. The molecule has 3 nitrogen and oxygen atoms in total. The Balaban J connectivity index is 1.34. The van der Waals surface area contributed by atoms with Crippen molar-refractivity contribution in [2.24, 2.45) is 23.7 Å². The molecule has 120 valence electrons. The average Bonchev–Trinajstić information content (AvgIpc) is 3.07. The van der Waals surface area contributed by atoms with Crippen molar-refractivity contribution in [1.82, 2.24) is 0 Å². The number of aldehydes is 1. The SMILES string of the molecule is O=C[C@H]1CC[C@H]([C@H]2CC[C@H](CCC3OCCO3)CC2)CC1. The Morgan fingerprint density at radius 2 is 1.33 bits per heavy atom. The van der Waals surface area contributed by atoms with Crippen molar-refractivity contribution >= 4 is 6.29 Å². The summed E-state index contributed by atoms with van der Waals surface area (Å²) >= 11 is 0. The summed E-state index contributed by atoms with van der Waals surface area (Å²) in [5, 5.41) is 0. The lowest BCUT2D eigenvalue weighted by Gasteiger charge is -2.37. The first-order chi connectivity index (χ1) is 10.3. The lowest BCUT2D eigenvalue weighted by molar-refractivity contribution is -0.112. The highest BCUT2D eigenvalue weighted by Crippen LogP contribution is 2.42. The number of hydrogen-bond acceptors (Lipinski definition) is 3. The van der Waals surface area contributed by atoms with Gasteiger partial charge in [0.2, 0.25) is 0 Å². The summed E-state index contributed by atoms with van der Waals surface area (Å²) < 4.78 is 11.1. The molecule has 0 aromatic heterocycles. The minimum atomic E-state index is 0.0846. The van der Waals surface area contributed by atoms with Gasteiger partial charge in [0, 0.05) is 5.92 Å². The number of carbonyl (C=O) groups excluding carboxylic acids is 1. The topological polar surface area (TPSA) is 35.5 Å². The second-order valence-corrected chi connectivity index (χ2v) is 7.34. The molecule has 1 saturated heterocycles. The molecule has 0 bridgehead atoms. The molecule has 0 N–H and O–H groups in total. The van der Waals surface area contributed by atoms with E-state index in [0.717, 1.165) is 50.2 Å². The largest absolute Gasteiger partial charge is 0.350 e. The molecule has 0 radical (unpaired) electrons. The third-order valence-electron chi connectivity index (χ3n) is 6.07. The van der Waals surface area contributed by atoms with Gasteiger partial charge in [-0.2, -0.15) is 0 Å². The quantitative estimate of drug-likeness (QED) is 0.720. The maximum atomic E-state index is 10.8. The van der Waals surface area contributed by atoms with Gasteiger partial charge in [0.1, 0.15) is 6.29 Å². The summed E-state index contributed by atoms with van der Waals surface area (Å²) in [5.41, 5.74) is 0. The van der Waals surface area contributed by atoms with E-state index in [2.05, 4.69) is 0 Å². The molecular weight excluding hydrogens is 264 g/mol. The maximum absolute atomic E-state index is 10.8. The van der Waals surface area contributed by atoms with E-state index in [1.54, 1.807) is 0 Å². The second kappa shape index (κ2) is 7.73. The summed E-state index contributed by atoms with van der Waals surface area (Å²) in [4.78, 5) is 10.8. The van der Waals surface area contributed by atoms with E-state index in [9.17, 15) is 4.79 Å². The van der Waals surface area contributed by atoms with Crippen LogP contribution in [0, 0.1) is 23.7 Å². The number of ether oxygens (including phenoxy) is 2. The highest BCUT2D eigenvalue weighted by Gasteiger charge is 2.31. The Hall–Kier alpha value is -0.410. The van der Waals surface area contributed by atoms with E-state index >= 15 is 0 Å². The molecular formula is C18H30O3. The van der Waals surface area contributed by atoms with E-state index < -0.39 is 0 Å². The van der Waals surface area contributed by atoms with Crippen molar-refractivity contribution in [3.63, 3.8) is 0 Å². The first-order valence-electron chi connectivity index (χ1n) is 9.03. The maximum Gasteiger partial charge on any atom is 0.157 e. The second-order valence-electron chi connectivity index (χ2n) is 7.34. The van der Waals surface area contributed by atoms with Crippen LogP contribution in [0.25, 0.3) is 0 Å². The molecule has 3 aliphatic rings. The molecule has 2 saturated carbocycles. The van der Waals surface area contributed by atoms with Gasteiger partial charge in [0.15, 0.2) is 6.29 Å². The molecule has 1 heterocycles. The molecule has 0 amide bonds. The molecule has 1 aliphatic heterocycles. The fourth-order valence-electron chi connectivity index (χ4n) is 4.65. The van der Waals surface area contributed by atoms with Gasteiger partial charge >= 0.3 is 0 Å². The molecule has 2 aliphatic carbocycles. The van der Waals surface area contributed by atoms with E-state index in [-0.39, 0.29) is 6.29 Å². The van der Waals surface area contributed by atoms with E-state index in [4.69, 9.17) is 9.47 Å². The molecule has 3 heteroatoms. The summed E-state index contributed by atoms with van der Waals surface area (Å²) in [7, 11) is 0. The third-order valence-corrected chi connectivity index (χ3v) is 6.07. The van der Waals surface area contributed by atoms with Crippen LogP contribution in [-0.2, 0) is 14.3 Å². The van der Waals surface area contributed by atoms with Crippen LogP contribution in [0.5, 0.6) is 0 Å². The van der Waals surface area contributed by atoms with Crippen LogP contribution in [0.1, 0.15) is 64.2 Å². The van der Waals surface area contributed by atoms with Gasteiger partial charge in [0.05, 0.1) is 13.2 Å². The van der Waals surface area contributed by atoms with Crippen LogP contribution in [0.3, 0.4) is 0 Å². The number of rotatable bonds is 5. The molecule has 0 unspecified atom stereocenters. The Labute approximate surface area is 128 Å². The van der Waals surface area contributed by atoms with Crippen molar-refractivity contribution in [2.75, 3.05) is 13.2 Å². The molecule has 0 spiro atoms. The van der Waals surface area contributed by atoms with Crippen molar-refractivity contribution in [3.05, 3.63) is 0 Å².